The van der Waals surface area contributed by atoms with E-state index < -0.39 is 0 Å². The van der Waals surface area contributed by atoms with Gasteiger partial charge in [-0.15, -0.1) is 11.3 Å². The van der Waals surface area contributed by atoms with Crippen molar-refractivity contribution in [2.75, 3.05) is 0 Å². The highest BCUT2D eigenvalue weighted by atomic mass is 32.1. The second kappa shape index (κ2) is 17.0. The lowest BCUT2D eigenvalue weighted by Gasteiger charge is -2.07. The maximum atomic E-state index is 4.94. The monoisotopic (exact) mass is 572 g/mol. The zero-order valence-electron chi connectivity index (χ0n) is 26.2. The molecular formula is C39H44N2S. The standard InChI is InChI=1S/C33H26N2S.3C2H6/c1-2-23-19-26(24-9-5-3-6-10-24)13-16-30(23)34-22-29-15-18-33(36-29)32-21-28-20-27(14-17-31(28)35-32)25-11-7-4-8-12-25;3*1-2/h3-20,22H,2,21H2,1H3;3*1-2H3. The highest BCUT2D eigenvalue weighted by molar-refractivity contribution is 7.15. The van der Waals surface area contributed by atoms with Crippen LogP contribution in [0.1, 0.15) is 69.3 Å². The number of hydrogen-bond acceptors (Lipinski definition) is 3. The molecule has 0 N–H and O–H groups in total. The Kier molecular flexibility index (Phi) is 13.1. The number of hydrogen-bond donors (Lipinski definition) is 0. The Bertz CT molecular complexity index is 1580. The zero-order valence-corrected chi connectivity index (χ0v) is 27.0. The van der Waals surface area contributed by atoms with Gasteiger partial charge in [0.25, 0.3) is 0 Å². The van der Waals surface area contributed by atoms with Gasteiger partial charge in [0.1, 0.15) is 0 Å². The lowest BCUT2D eigenvalue weighted by atomic mass is 10.0. The molecule has 216 valence electrons. The van der Waals surface area contributed by atoms with Crippen molar-refractivity contribution < 1.29 is 0 Å². The number of aryl methyl sites for hydroxylation is 1. The van der Waals surface area contributed by atoms with Gasteiger partial charge in [-0.3, -0.25) is 9.98 Å². The van der Waals surface area contributed by atoms with Gasteiger partial charge >= 0.3 is 0 Å². The van der Waals surface area contributed by atoms with Gasteiger partial charge in [-0.2, -0.15) is 0 Å². The van der Waals surface area contributed by atoms with Gasteiger partial charge in [0.15, 0.2) is 0 Å². The fourth-order valence-corrected chi connectivity index (χ4v) is 5.54. The number of benzene rings is 4. The van der Waals surface area contributed by atoms with Crippen molar-refractivity contribution >= 4 is 34.6 Å². The van der Waals surface area contributed by atoms with E-state index in [2.05, 4.69) is 116 Å². The zero-order chi connectivity index (χ0) is 30.3. The molecule has 0 radical (unpaired) electrons. The van der Waals surface area contributed by atoms with E-state index in [0.29, 0.717) is 0 Å². The van der Waals surface area contributed by atoms with E-state index in [9.17, 15) is 0 Å². The van der Waals surface area contributed by atoms with Crippen LogP contribution in [0.15, 0.2) is 119 Å². The number of fused-ring (bicyclic) bond motifs is 1. The van der Waals surface area contributed by atoms with Gasteiger partial charge in [0.2, 0.25) is 0 Å². The van der Waals surface area contributed by atoms with Crippen molar-refractivity contribution in [3.63, 3.8) is 0 Å². The molecule has 0 aliphatic carbocycles. The molecule has 6 rings (SSSR count). The summed E-state index contributed by atoms with van der Waals surface area (Å²) < 4.78 is 0. The molecule has 0 atom stereocenters. The van der Waals surface area contributed by atoms with E-state index in [0.717, 1.165) is 34.8 Å². The molecule has 5 aromatic rings. The van der Waals surface area contributed by atoms with Gasteiger partial charge in [0.05, 0.1) is 17.1 Å². The van der Waals surface area contributed by atoms with E-state index in [1.165, 1.54) is 38.3 Å². The molecule has 1 aliphatic rings. The Morgan fingerprint density at radius 1 is 0.667 bits per heavy atom. The van der Waals surface area contributed by atoms with Crippen LogP contribution in [0.5, 0.6) is 0 Å². The second-order valence-electron chi connectivity index (χ2n) is 8.97. The minimum atomic E-state index is 0.869. The minimum absolute atomic E-state index is 0.869. The first-order valence-electron chi connectivity index (χ1n) is 15.4. The summed E-state index contributed by atoms with van der Waals surface area (Å²) in [6, 6.07) is 38.5. The van der Waals surface area contributed by atoms with Crippen LogP contribution in [0.3, 0.4) is 0 Å². The normalized spacial score (nSPS) is 11.3. The van der Waals surface area contributed by atoms with E-state index >= 15 is 0 Å². The Hall–Kier alpha value is -4.08. The molecule has 2 nitrogen and oxygen atoms in total. The Balaban J connectivity index is 0.000000760. The average molecular weight is 573 g/mol. The van der Waals surface area contributed by atoms with Crippen LogP contribution in [-0.4, -0.2) is 11.9 Å². The molecule has 0 bridgehead atoms. The molecule has 1 aromatic heterocycles. The fraction of sp³-hybridized carbons (Fsp3) is 0.231. The molecule has 2 heterocycles. The summed E-state index contributed by atoms with van der Waals surface area (Å²) >= 11 is 1.75. The average Bonchev–Trinajstić information content (AvgIpc) is 3.74. The lowest BCUT2D eigenvalue weighted by Crippen LogP contribution is -1.96. The molecule has 42 heavy (non-hydrogen) atoms. The summed E-state index contributed by atoms with van der Waals surface area (Å²) in [5.41, 5.74) is 10.8. The Morgan fingerprint density at radius 2 is 1.26 bits per heavy atom. The van der Waals surface area contributed by atoms with Crippen LogP contribution < -0.4 is 0 Å². The van der Waals surface area contributed by atoms with E-state index in [1.54, 1.807) is 11.3 Å². The van der Waals surface area contributed by atoms with Crippen molar-refractivity contribution in [1.29, 1.82) is 0 Å². The van der Waals surface area contributed by atoms with Gasteiger partial charge in [-0.25, -0.2) is 0 Å². The third kappa shape index (κ3) is 8.02. The SMILES string of the molecule is CC.CC.CC.CCc1cc(-c2ccccc2)ccc1N=Cc1ccc(C2=Nc3ccc(-c4ccccc4)cc3C2)s1. The molecule has 3 heteroatoms. The van der Waals surface area contributed by atoms with Crippen molar-refractivity contribution in [3.05, 3.63) is 130 Å². The second-order valence-corrected chi connectivity index (χ2v) is 10.1. The summed E-state index contributed by atoms with van der Waals surface area (Å²) in [6.07, 6.45) is 3.80. The summed E-state index contributed by atoms with van der Waals surface area (Å²) in [7, 11) is 0. The van der Waals surface area contributed by atoms with Gasteiger partial charge < -0.3 is 0 Å². The topological polar surface area (TPSA) is 24.7 Å². The summed E-state index contributed by atoms with van der Waals surface area (Å²) in [6.45, 7) is 14.2. The van der Waals surface area contributed by atoms with Crippen molar-refractivity contribution in [3.8, 4) is 22.3 Å². The smallest absolute Gasteiger partial charge is 0.0670 e. The van der Waals surface area contributed by atoms with Crippen LogP contribution in [-0.2, 0) is 12.8 Å². The highest BCUT2D eigenvalue weighted by Crippen LogP contribution is 2.34. The van der Waals surface area contributed by atoms with Crippen molar-refractivity contribution in [2.24, 2.45) is 9.98 Å². The van der Waals surface area contributed by atoms with E-state index in [1.807, 2.05) is 47.8 Å². The first kappa shape index (κ1) is 32.4. The van der Waals surface area contributed by atoms with Gasteiger partial charge in [-0.1, -0.05) is 121 Å². The van der Waals surface area contributed by atoms with Crippen LogP contribution in [0, 0.1) is 0 Å². The molecule has 0 fully saturated rings. The molecule has 1 aliphatic heterocycles. The molecule has 0 amide bonds. The summed E-state index contributed by atoms with van der Waals surface area (Å²) in [4.78, 5) is 12.1. The quantitative estimate of drug-likeness (QED) is 0.181. The highest BCUT2D eigenvalue weighted by Gasteiger charge is 2.18. The summed E-state index contributed by atoms with van der Waals surface area (Å²) in [5.74, 6) is 0. The van der Waals surface area contributed by atoms with Crippen LogP contribution in [0.2, 0.25) is 0 Å². The molecular weight excluding hydrogens is 529 g/mol. The first-order chi connectivity index (χ1) is 20.8. The number of thiophene rings is 1. The summed E-state index contributed by atoms with van der Waals surface area (Å²) in [5, 5.41) is 0. The van der Waals surface area contributed by atoms with E-state index in [4.69, 9.17) is 9.98 Å². The molecule has 4 aromatic carbocycles. The van der Waals surface area contributed by atoms with Crippen molar-refractivity contribution in [2.45, 2.75) is 61.3 Å². The molecule has 0 unspecified atom stereocenters. The largest absolute Gasteiger partial charge is 0.255 e. The minimum Gasteiger partial charge on any atom is -0.255 e. The Labute approximate surface area is 257 Å². The van der Waals surface area contributed by atoms with E-state index in [-0.39, 0.29) is 0 Å². The van der Waals surface area contributed by atoms with Gasteiger partial charge in [0, 0.05) is 22.4 Å². The van der Waals surface area contributed by atoms with Crippen LogP contribution in [0.4, 0.5) is 11.4 Å². The number of rotatable bonds is 6. The maximum absolute atomic E-state index is 4.94. The number of nitrogens with zero attached hydrogens (tertiary/aromatic N) is 2. The Morgan fingerprint density at radius 3 is 1.88 bits per heavy atom. The third-order valence-corrected chi connectivity index (χ3v) is 7.68. The number of aliphatic imine (C=N–C) groups is 2. The van der Waals surface area contributed by atoms with Gasteiger partial charge in [-0.05, 0) is 76.2 Å². The van der Waals surface area contributed by atoms with Crippen molar-refractivity contribution in [1.82, 2.24) is 0 Å². The predicted octanol–water partition coefficient (Wildman–Crippen LogP) is 12.2. The van der Waals surface area contributed by atoms with Crippen LogP contribution in [0.25, 0.3) is 22.3 Å². The third-order valence-electron chi connectivity index (χ3n) is 6.61. The molecule has 0 saturated carbocycles. The molecule has 0 saturated heterocycles. The first-order valence-corrected chi connectivity index (χ1v) is 16.2. The fourth-order valence-electron chi connectivity index (χ4n) is 4.67. The lowest BCUT2D eigenvalue weighted by molar-refractivity contribution is 1.13. The maximum Gasteiger partial charge on any atom is 0.0670 e. The van der Waals surface area contributed by atoms with Crippen LogP contribution >= 0.6 is 11.3 Å². The molecule has 0 spiro atoms. The predicted molar refractivity (Wildman–Crippen MR) is 189 cm³/mol.